The number of benzene rings is 1. The first-order valence-electron chi connectivity index (χ1n) is 6.62. The molecular weight excluding hydrogens is 379 g/mol. The van der Waals surface area contributed by atoms with Crippen LogP contribution in [0.3, 0.4) is 0 Å². The molecule has 0 aliphatic heterocycles. The minimum Gasteiger partial charge on any atom is -0.354 e. The Morgan fingerprint density at radius 1 is 1.24 bits per heavy atom. The highest BCUT2D eigenvalue weighted by atomic mass is 127. The number of guanidine groups is 1. The molecule has 0 aliphatic carbocycles. The predicted molar refractivity (Wildman–Crippen MR) is 98.1 cm³/mol. The van der Waals surface area contributed by atoms with Crippen molar-refractivity contribution in [3.8, 4) is 0 Å². The van der Waals surface area contributed by atoms with E-state index in [1.54, 1.807) is 13.1 Å². The third-order valence-corrected chi connectivity index (χ3v) is 2.63. The van der Waals surface area contributed by atoms with Crippen LogP contribution in [0.2, 0.25) is 0 Å². The number of nitrogens with zero attached hydrogens (tertiary/aromatic N) is 1. The van der Waals surface area contributed by atoms with Crippen molar-refractivity contribution in [2.75, 3.05) is 26.7 Å². The molecule has 6 heteroatoms. The molecule has 1 aromatic carbocycles. The van der Waals surface area contributed by atoms with E-state index in [9.17, 15) is 4.79 Å². The molecule has 1 aromatic rings. The van der Waals surface area contributed by atoms with Gasteiger partial charge in [-0.25, -0.2) is 0 Å². The normalized spacial score (nSPS) is 10.2. The van der Waals surface area contributed by atoms with E-state index in [4.69, 9.17) is 0 Å². The molecule has 0 unspecified atom stereocenters. The van der Waals surface area contributed by atoms with E-state index in [1.165, 1.54) is 5.56 Å². The Kier molecular flexibility index (Phi) is 11.3. The molecule has 0 spiro atoms. The summed E-state index contributed by atoms with van der Waals surface area (Å²) in [6.07, 6.45) is 2.56. The van der Waals surface area contributed by atoms with Crippen LogP contribution < -0.4 is 16.0 Å². The Morgan fingerprint density at radius 2 is 1.95 bits per heavy atom. The fourth-order valence-electron chi connectivity index (χ4n) is 1.61. The summed E-state index contributed by atoms with van der Waals surface area (Å²) >= 11 is 0. The van der Waals surface area contributed by atoms with Crippen molar-refractivity contribution in [2.24, 2.45) is 4.99 Å². The number of carbonyl (C=O) groups is 1. The fraction of sp³-hybridized carbons (Fsp3) is 0.333. The van der Waals surface area contributed by atoms with Crippen molar-refractivity contribution >= 4 is 35.8 Å². The lowest BCUT2D eigenvalue weighted by atomic mass is 10.1. The van der Waals surface area contributed by atoms with Crippen molar-refractivity contribution < 1.29 is 4.79 Å². The average molecular weight is 402 g/mol. The molecule has 0 heterocycles. The molecule has 116 valence electrons. The van der Waals surface area contributed by atoms with E-state index in [-0.39, 0.29) is 36.4 Å². The summed E-state index contributed by atoms with van der Waals surface area (Å²) in [7, 11) is 1.66. The first kappa shape index (κ1) is 19.4. The summed E-state index contributed by atoms with van der Waals surface area (Å²) in [4.78, 5) is 15.6. The monoisotopic (exact) mass is 402 g/mol. The minimum absolute atomic E-state index is 0. The number of rotatable bonds is 7. The van der Waals surface area contributed by atoms with E-state index in [0.717, 1.165) is 6.42 Å². The Morgan fingerprint density at radius 3 is 2.57 bits per heavy atom. The van der Waals surface area contributed by atoms with Gasteiger partial charge in [-0.15, -0.1) is 30.6 Å². The van der Waals surface area contributed by atoms with Crippen LogP contribution in [0.5, 0.6) is 0 Å². The van der Waals surface area contributed by atoms with Crippen molar-refractivity contribution in [3.63, 3.8) is 0 Å². The second-order valence-corrected chi connectivity index (χ2v) is 4.18. The van der Waals surface area contributed by atoms with E-state index in [1.807, 2.05) is 30.3 Å². The maximum absolute atomic E-state index is 11.7. The van der Waals surface area contributed by atoms with Gasteiger partial charge in [0.15, 0.2) is 5.96 Å². The lowest BCUT2D eigenvalue weighted by Crippen LogP contribution is -2.43. The van der Waals surface area contributed by atoms with Gasteiger partial charge in [-0.3, -0.25) is 9.79 Å². The lowest BCUT2D eigenvalue weighted by Gasteiger charge is -2.10. The van der Waals surface area contributed by atoms with Gasteiger partial charge < -0.3 is 16.0 Å². The van der Waals surface area contributed by atoms with Gasteiger partial charge in [0, 0.05) is 20.1 Å². The lowest BCUT2D eigenvalue weighted by molar-refractivity contribution is -0.119. The van der Waals surface area contributed by atoms with Gasteiger partial charge in [0.05, 0.1) is 6.54 Å². The zero-order valence-corrected chi connectivity index (χ0v) is 14.6. The van der Waals surface area contributed by atoms with Crippen LogP contribution in [0.1, 0.15) is 5.56 Å². The van der Waals surface area contributed by atoms with Crippen LogP contribution in [-0.2, 0) is 11.2 Å². The maximum Gasteiger partial charge on any atom is 0.239 e. The molecule has 0 saturated heterocycles. The Bertz CT molecular complexity index is 448. The second-order valence-electron chi connectivity index (χ2n) is 4.18. The number of carbonyl (C=O) groups excluding carboxylic acids is 1. The van der Waals surface area contributed by atoms with Crippen molar-refractivity contribution in [1.29, 1.82) is 0 Å². The zero-order chi connectivity index (χ0) is 14.6. The summed E-state index contributed by atoms with van der Waals surface area (Å²) in [5, 5.41) is 8.79. The van der Waals surface area contributed by atoms with Gasteiger partial charge >= 0.3 is 0 Å². The van der Waals surface area contributed by atoms with Crippen LogP contribution in [0.25, 0.3) is 0 Å². The Labute approximate surface area is 143 Å². The summed E-state index contributed by atoms with van der Waals surface area (Å²) in [5.74, 6) is 0.533. The van der Waals surface area contributed by atoms with E-state index in [2.05, 4.69) is 27.5 Å². The highest BCUT2D eigenvalue weighted by Crippen LogP contribution is 1.97. The van der Waals surface area contributed by atoms with E-state index < -0.39 is 0 Å². The second kappa shape index (κ2) is 12.2. The van der Waals surface area contributed by atoms with Gasteiger partial charge in [-0.05, 0) is 12.0 Å². The van der Waals surface area contributed by atoms with E-state index in [0.29, 0.717) is 19.0 Å². The number of halogens is 1. The average Bonchev–Trinajstić information content (AvgIpc) is 2.48. The number of hydrogen-bond acceptors (Lipinski definition) is 2. The molecule has 3 N–H and O–H groups in total. The summed E-state index contributed by atoms with van der Waals surface area (Å²) in [6.45, 7) is 5.04. The standard InChI is InChI=1S/C15H22N4O.HI/c1-3-10-18-15(16-2)19-12-14(20)17-11-9-13-7-5-4-6-8-13;/h3-8H,1,9-12H2,2H3,(H,17,20)(H2,16,18,19);1H. The van der Waals surface area contributed by atoms with Crippen LogP contribution in [0, 0.1) is 0 Å². The summed E-state index contributed by atoms with van der Waals surface area (Å²) in [5.41, 5.74) is 1.21. The third-order valence-electron chi connectivity index (χ3n) is 2.63. The van der Waals surface area contributed by atoms with Gasteiger partial charge in [0.2, 0.25) is 5.91 Å². The molecular formula is C15H23IN4O. The molecule has 0 bridgehead atoms. The molecule has 0 aliphatic rings. The first-order valence-corrected chi connectivity index (χ1v) is 6.62. The molecule has 0 fully saturated rings. The quantitative estimate of drug-likeness (QED) is 0.279. The van der Waals surface area contributed by atoms with Crippen LogP contribution in [-0.4, -0.2) is 38.5 Å². The predicted octanol–water partition coefficient (Wildman–Crippen LogP) is 1.31. The maximum atomic E-state index is 11.7. The van der Waals surface area contributed by atoms with Gasteiger partial charge in [-0.1, -0.05) is 36.4 Å². The Hall–Kier alpha value is -1.57. The van der Waals surface area contributed by atoms with Crippen LogP contribution in [0.4, 0.5) is 0 Å². The van der Waals surface area contributed by atoms with Gasteiger partial charge in [0.25, 0.3) is 0 Å². The molecule has 0 aromatic heterocycles. The number of nitrogens with one attached hydrogen (secondary N) is 3. The van der Waals surface area contributed by atoms with Crippen molar-refractivity contribution in [3.05, 3.63) is 48.6 Å². The molecule has 21 heavy (non-hydrogen) atoms. The van der Waals surface area contributed by atoms with Crippen molar-refractivity contribution in [1.82, 2.24) is 16.0 Å². The Balaban J connectivity index is 0.00000400. The van der Waals surface area contributed by atoms with Gasteiger partial charge in [-0.2, -0.15) is 0 Å². The highest BCUT2D eigenvalue weighted by molar-refractivity contribution is 14.0. The fourth-order valence-corrected chi connectivity index (χ4v) is 1.61. The molecule has 1 rings (SSSR count). The number of aliphatic imine (C=N–C) groups is 1. The molecule has 5 nitrogen and oxygen atoms in total. The van der Waals surface area contributed by atoms with E-state index >= 15 is 0 Å². The summed E-state index contributed by atoms with van der Waals surface area (Å²) < 4.78 is 0. The largest absolute Gasteiger partial charge is 0.354 e. The molecule has 0 radical (unpaired) electrons. The highest BCUT2D eigenvalue weighted by Gasteiger charge is 2.02. The third kappa shape index (κ3) is 9.06. The van der Waals surface area contributed by atoms with Crippen LogP contribution in [0.15, 0.2) is 48.0 Å². The smallest absolute Gasteiger partial charge is 0.239 e. The van der Waals surface area contributed by atoms with Crippen molar-refractivity contribution in [2.45, 2.75) is 6.42 Å². The zero-order valence-electron chi connectivity index (χ0n) is 12.3. The molecule has 1 amide bonds. The molecule has 0 atom stereocenters. The SMILES string of the molecule is C=CCNC(=NC)NCC(=O)NCCc1ccccc1.I. The summed E-state index contributed by atoms with van der Waals surface area (Å²) in [6, 6.07) is 10.1. The number of amides is 1. The minimum atomic E-state index is -0.0533. The van der Waals surface area contributed by atoms with Crippen LogP contribution >= 0.6 is 24.0 Å². The van der Waals surface area contributed by atoms with Gasteiger partial charge in [0.1, 0.15) is 0 Å². The first-order chi connectivity index (χ1) is 9.76. The topological polar surface area (TPSA) is 65.5 Å². The number of hydrogen-bond donors (Lipinski definition) is 3. The molecule has 0 saturated carbocycles.